The topological polar surface area (TPSA) is 51.4 Å². The molecule has 0 saturated carbocycles. The third-order valence-corrected chi connectivity index (χ3v) is 4.87. The van der Waals surface area contributed by atoms with E-state index in [9.17, 15) is 4.39 Å². The van der Waals surface area contributed by atoms with Gasteiger partial charge >= 0.3 is 0 Å². The molecule has 3 rings (SSSR count). The molecule has 1 atom stereocenters. The first-order chi connectivity index (χ1) is 12.2. The van der Waals surface area contributed by atoms with Crippen LogP contribution in [0.25, 0.3) is 0 Å². The van der Waals surface area contributed by atoms with Crippen LogP contribution in [0.4, 0.5) is 4.39 Å². The molecule has 1 aliphatic rings. The second-order valence-electron chi connectivity index (χ2n) is 6.67. The van der Waals surface area contributed by atoms with Crippen molar-refractivity contribution >= 4 is 0 Å². The zero-order chi connectivity index (χ0) is 17.6. The molecule has 0 spiro atoms. The highest BCUT2D eigenvalue weighted by molar-refractivity contribution is 5.19. The first-order valence-corrected chi connectivity index (χ1v) is 9.04. The molecule has 25 heavy (non-hydrogen) atoms. The van der Waals surface area contributed by atoms with E-state index >= 15 is 0 Å². The fraction of sp³-hybridized carbons (Fsp3) is 0.579. The smallest absolute Gasteiger partial charge is 0.243 e. The molecule has 1 saturated heterocycles. The van der Waals surface area contributed by atoms with Crippen molar-refractivity contribution in [3.05, 3.63) is 47.4 Å². The van der Waals surface area contributed by atoms with E-state index in [0.717, 1.165) is 44.7 Å². The van der Waals surface area contributed by atoms with Crippen LogP contribution >= 0.6 is 0 Å². The predicted octanol–water partition coefficient (Wildman–Crippen LogP) is 3.61. The Morgan fingerprint density at radius 1 is 1.28 bits per heavy atom. The number of nitrogens with zero attached hydrogens (tertiary/aromatic N) is 3. The molecular weight excluding hydrogens is 321 g/mol. The maximum Gasteiger partial charge on any atom is 0.243 e. The summed E-state index contributed by atoms with van der Waals surface area (Å²) in [5, 5.41) is 4.08. The maximum atomic E-state index is 13.0. The van der Waals surface area contributed by atoms with Crippen LogP contribution < -0.4 is 0 Å². The molecular formula is C19H26FN3O2. The van der Waals surface area contributed by atoms with Crippen molar-refractivity contribution in [1.82, 2.24) is 15.0 Å². The van der Waals surface area contributed by atoms with Crippen LogP contribution in [0.2, 0.25) is 0 Å². The highest BCUT2D eigenvalue weighted by Gasteiger charge is 2.26. The number of likely N-dealkylation sites (tertiary alicyclic amines) is 1. The van der Waals surface area contributed by atoms with Gasteiger partial charge in [0.1, 0.15) is 5.82 Å². The molecule has 1 aliphatic heterocycles. The van der Waals surface area contributed by atoms with Crippen LogP contribution in [0.15, 0.2) is 28.8 Å². The van der Waals surface area contributed by atoms with Gasteiger partial charge in [-0.3, -0.25) is 4.90 Å². The molecule has 0 N–H and O–H groups in total. The Hall–Kier alpha value is -1.79. The maximum absolute atomic E-state index is 13.0. The molecule has 5 nitrogen and oxygen atoms in total. The highest BCUT2D eigenvalue weighted by atomic mass is 19.1. The Morgan fingerprint density at radius 2 is 2.00 bits per heavy atom. The summed E-state index contributed by atoms with van der Waals surface area (Å²) in [4.78, 5) is 6.92. The molecule has 1 aromatic heterocycles. The van der Waals surface area contributed by atoms with Crippen molar-refractivity contribution in [2.75, 3.05) is 26.3 Å². The molecule has 0 bridgehead atoms. The average molecular weight is 347 g/mol. The second-order valence-corrected chi connectivity index (χ2v) is 6.67. The van der Waals surface area contributed by atoms with Crippen molar-refractivity contribution < 1.29 is 13.7 Å². The summed E-state index contributed by atoms with van der Waals surface area (Å²) >= 11 is 0. The Kier molecular flexibility index (Phi) is 6.15. The molecule has 0 unspecified atom stereocenters. The van der Waals surface area contributed by atoms with Gasteiger partial charge in [0, 0.05) is 19.6 Å². The molecule has 1 aromatic carbocycles. The number of hydrogen-bond donors (Lipinski definition) is 0. The number of aromatic nitrogens is 2. The zero-order valence-electron chi connectivity index (χ0n) is 14.9. The standard InChI is InChI=1S/C19H26FN3O2/c1-3-24-13-16-8-10-23(11-9-16)14(2)19-21-18(22-25-19)12-15-4-6-17(20)7-5-15/h4-7,14,16H,3,8-13H2,1-2H3/t14-/m1/s1. The summed E-state index contributed by atoms with van der Waals surface area (Å²) in [7, 11) is 0. The fourth-order valence-electron chi connectivity index (χ4n) is 3.24. The number of halogens is 1. The van der Waals surface area contributed by atoms with Crippen LogP contribution in [-0.4, -0.2) is 41.3 Å². The first-order valence-electron chi connectivity index (χ1n) is 9.04. The van der Waals surface area contributed by atoms with Crippen molar-refractivity contribution in [2.45, 2.75) is 39.2 Å². The molecule has 0 amide bonds. The van der Waals surface area contributed by atoms with Gasteiger partial charge in [-0.25, -0.2) is 4.39 Å². The number of hydrogen-bond acceptors (Lipinski definition) is 5. The van der Waals surface area contributed by atoms with Gasteiger partial charge in [-0.1, -0.05) is 17.3 Å². The lowest BCUT2D eigenvalue weighted by molar-refractivity contribution is 0.0578. The van der Waals surface area contributed by atoms with E-state index in [0.29, 0.717) is 24.1 Å². The van der Waals surface area contributed by atoms with Crippen LogP contribution in [0.3, 0.4) is 0 Å². The van der Waals surface area contributed by atoms with Crippen molar-refractivity contribution in [2.24, 2.45) is 5.92 Å². The minimum Gasteiger partial charge on any atom is -0.381 e. The third-order valence-electron chi connectivity index (χ3n) is 4.87. The van der Waals surface area contributed by atoms with Gasteiger partial charge in [0.2, 0.25) is 5.89 Å². The van der Waals surface area contributed by atoms with Crippen molar-refractivity contribution in [3.63, 3.8) is 0 Å². The Bertz CT molecular complexity index is 651. The van der Waals surface area contributed by atoms with Crippen LogP contribution in [0.1, 0.15) is 50.0 Å². The second kappa shape index (κ2) is 8.54. The van der Waals surface area contributed by atoms with E-state index in [-0.39, 0.29) is 11.9 Å². The molecule has 136 valence electrons. The Labute approximate surface area is 148 Å². The summed E-state index contributed by atoms with van der Waals surface area (Å²) in [5.41, 5.74) is 0.971. The predicted molar refractivity (Wildman–Crippen MR) is 92.7 cm³/mol. The zero-order valence-corrected chi connectivity index (χ0v) is 14.9. The van der Waals surface area contributed by atoms with E-state index in [4.69, 9.17) is 9.26 Å². The summed E-state index contributed by atoms with van der Waals surface area (Å²) in [6.45, 7) is 7.84. The normalized spacial score (nSPS) is 17.7. The summed E-state index contributed by atoms with van der Waals surface area (Å²) in [6, 6.07) is 6.51. The molecule has 2 heterocycles. The SMILES string of the molecule is CCOCC1CCN([C@H](C)c2nc(Cc3ccc(F)cc3)no2)CC1. The first kappa shape index (κ1) is 18.0. The van der Waals surface area contributed by atoms with E-state index in [2.05, 4.69) is 22.0 Å². The molecule has 0 radical (unpaired) electrons. The number of rotatable bonds is 7. The number of piperidine rings is 1. The van der Waals surface area contributed by atoms with Crippen LogP contribution in [0, 0.1) is 11.7 Å². The minimum absolute atomic E-state index is 0.113. The van der Waals surface area contributed by atoms with Crippen molar-refractivity contribution in [3.8, 4) is 0 Å². The molecule has 0 aliphatic carbocycles. The van der Waals surface area contributed by atoms with E-state index in [1.54, 1.807) is 12.1 Å². The van der Waals surface area contributed by atoms with Crippen molar-refractivity contribution in [1.29, 1.82) is 0 Å². The van der Waals surface area contributed by atoms with E-state index < -0.39 is 0 Å². The van der Waals surface area contributed by atoms with E-state index in [1.165, 1.54) is 12.1 Å². The van der Waals surface area contributed by atoms with Gasteiger partial charge in [0.15, 0.2) is 5.82 Å². The monoisotopic (exact) mass is 347 g/mol. The summed E-state index contributed by atoms with van der Waals surface area (Å²) in [6.07, 6.45) is 2.83. The average Bonchev–Trinajstić information content (AvgIpc) is 3.10. The molecule has 1 fully saturated rings. The third kappa shape index (κ3) is 4.86. The van der Waals surface area contributed by atoms with Gasteiger partial charge < -0.3 is 9.26 Å². The lowest BCUT2D eigenvalue weighted by Gasteiger charge is -2.34. The lowest BCUT2D eigenvalue weighted by atomic mass is 9.97. The Balaban J connectivity index is 1.54. The van der Waals surface area contributed by atoms with Crippen LogP contribution in [0.5, 0.6) is 0 Å². The van der Waals surface area contributed by atoms with Gasteiger partial charge in [0.05, 0.1) is 6.04 Å². The lowest BCUT2D eigenvalue weighted by Crippen LogP contribution is -2.37. The molecule has 2 aromatic rings. The van der Waals surface area contributed by atoms with Gasteiger partial charge in [-0.2, -0.15) is 4.98 Å². The van der Waals surface area contributed by atoms with E-state index in [1.807, 2.05) is 6.92 Å². The number of benzene rings is 1. The van der Waals surface area contributed by atoms with Crippen LogP contribution in [-0.2, 0) is 11.2 Å². The quantitative estimate of drug-likeness (QED) is 0.766. The largest absolute Gasteiger partial charge is 0.381 e. The minimum atomic E-state index is -0.237. The van der Waals surface area contributed by atoms with Gasteiger partial charge in [-0.05, 0) is 63.4 Å². The van der Waals surface area contributed by atoms with Gasteiger partial charge in [-0.15, -0.1) is 0 Å². The summed E-state index contributed by atoms with van der Waals surface area (Å²) < 4.78 is 24.0. The summed E-state index contributed by atoms with van der Waals surface area (Å²) in [5.74, 6) is 1.71. The Morgan fingerprint density at radius 3 is 2.68 bits per heavy atom. The fourth-order valence-corrected chi connectivity index (χ4v) is 3.24. The molecule has 6 heteroatoms. The van der Waals surface area contributed by atoms with Gasteiger partial charge in [0.25, 0.3) is 0 Å². The highest BCUT2D eigenvalue weighted by Crippen LogP contribution is 2.26. The number of ether oxygens (including phenoxy) is 1.